The van der Waals surface area contributed by atoms with Crippen molar-refractivity contribution in [2.45, 2.75) is 56.9 Å². The molecule has 1 unspecified atom stereocenters. The first-order valence-corrected chi connectivity index (χ1v) is 7.60. The molecule has 0 bridgehead atoms. The largest absolute Gasteiger partial charge is 0.328 e. The van der Waals surface area contributed by atoms with E-state index in [9.17, 15) is 0 Å². The first kappa shape index (κ1) is 14.6. The van der Waals surface area contributed by atoms with Crippen LogP contribution in [0.1, 0.15) is 51.5 Å². The highest BCUT2D eigenvalue weighted by Crippen LogP contribution is 2.22. The van der Waals surface area contributed by atoms with Gasteiger partial charge >= 0.3 is 0 Å². The lowest BCUT2D eigenvalue weighted by Crippen LogP contribution is -2.18. The normalized spacial score (nSPS) is 13.0. The Morgan fingerprint density at radius 3 is 2.35 bits per heavy atom. The summed E-state index contributed by atoms with van der Waals surface area (Å²) in [7, 11) is 0. The molecule has 0 heterocycles. The van der Waals surface area contributed by atoms with Crippen molar-refractivity contribution in [3.63, 3.8) is 0 Å². The Bertz CT molecular complexity index is 305. The van der Waals surface area contributed by atoms with E-state index in [0.29, 0.717) is 12.0 Å². The van der Waals surface area contributed by atoms with Gasteiger partial charge in [0.1, 0.15) is 0 Å². The molecule has 0 fully saturated rings. The number of hydrogen-bond donors (Lipinski definition) is 1. The van der Waals surface area contributed by atoms with Crippen LogP contribution in [0.5, 0.6) is 0 Å². The monoisotopic (exact) mass is 251 g/mol. The molecule has 1 aromatic carbocycles. The van der Waals surface area contributed by atoms with Crippen LogP contribution in [0, 0.1) is 0 Å². The van der Waals surface area contributed by atoms with E-state index in [4.69, 9.17) is 5.73 Å². The van der Waals surface area contributed by atoms with E-state index < -0.39 is 0 Å². The van der Waals surface area contributed by atoms with Crippen molar-refractivity contribution < 1.29 is 0 Å². The zero-order valence-electron chi connectivity index (χ0n) is 11.3. The van der Waals surface area contributed by atoms with Crippen LogP contribution >= 0.6 is 11.8 Å². The quantitative estimate of drug-likeness (QED) is 0.573. The van der Waals surface area contributed by atoms with Crippen LogP contribution in [0.4, 0.5) is 0 Å². The first-order valence-electron chi connectivity index (χ1n) is 6.61. The molecule has 0 spiro atoms. The predicted octanol–water partition coefficient (Wildman–Crippen LogP) is 4.42. The maximum Gasteiger partial charge on any atom is 0.00721 e. The first-order chi connectivity index (χ1) is 8.13. The van der Waals surface area contributed by atoms with Gasteiger partial charge in [0.2, 0.25) is 0 Å². The van der Waals surface area contributed by atoms with Crippen LogP contribution in [0.25, 0.3) is 0 Å². The molecule has 0 radical (unpaired) electrons. The minimum Gasteiger partial charge on any atom is -0.328 e. The van der Waals surface area contributed by atoms with Crippen LogP contribution in [-0.2, 0) is 0 Å². The van der Waals surface area contributed by atoms with Gasteiger partial charge in [0.05, 0.1) is 0 Å². The maximum atomic E-state index is 5.90. The summed E-state index contributed by atoms with van der Waals surface area (Å²) in [5.74, 6) is 1.80. The zero-order chi connectivity index (χ0) is 12.7. The molecule has 1 rings (SSSR count). The van der Waals surface area contributed by atoms with Crippen LogP contribution in [0.15, 0.2) is 29.2 Å². The van der Waals surface area contributed by atoms with Gasteiger partial charge in [0.15, 0.2) is 0 Å². The van der Waals surface area contributed by atoms with Gasteiger partial charge in [-0.25, -0.2) is 0 Å². The van der Waals surface area contributed by atoms with E-state index in [1.807, 2.05) is 11.8 Å². The van der Waals surface area contributed by atoms with Gasteiger partial charge in [-0.15, -0.1) is 11.8 Å². The van der Waals surface area contributed by atoms with Crippen LogP contribution < -0.4 is 5.73 Å². The van der Waals surface area contributed by atoms with Gasteiger partial charge in [0, 0.05) is 10.9 Å². The second-order valence-electron chi connectivity index (χ2n) is 4.88. The highest BCUT2D eigenvalue weighted by Gasteiger charge is 2.01. The Morgan fingerprint density at radius 1 is 1.18 bits per heavy atom. The molecule has 0 amide bonds. The lowest BCUT2D eigenvalue weighted by Gasteiger charge is -2.09. The third-order valence-corrected chi connectivity index (χ3v) is 4.16. The molecule has 0 aliphatic heterocycles. The molecule has 2 N–H and O–H groups in total. The second kappa shape index (κ2) is 7.78. The van der Waals surface area contributed by atoms with E-state index in [1.54, 1.807) is 0 Å². The summed E-state index contributed by atoms with van der Waals surface area (Å²) in [6.45, 7) is 6.62. The fraction of sp³-hybridized carbons (Fsp3) is 0.600. The molecular weight excluding hydrogens is 226 g/mol. The Hall–Kier alpha value is -0.470. The third kappa shape index (κ3) is 5.60. The highest BCUT2D eigenvalue weighted by molar-refractivity contribution is 7.99. The molecule has 0 saturated heterocycles. The SMILES string of the molecule is CCC(N)CCCSc1ccc(C(C)C)cc1. The summed E-state index contributed by atoms with van der Waals surface area (Å²) in [6.07, 6.45) is 3.45. The van der Waals surface area contributed by atoms with E-state index in [0.717, 1.165) is 12.8 Å². The van der Waals surface area contributed by atoms with Gasteiger partial charge in [-0.05, 0) is 48.6 Å². The summed E-state index contributed by atoms with van der Waals surface area (Å²) in [6, 6.07) is 9.34. The molecule has 0 aliphatic rings. The third-order valence-electron chi connectivity index (χ3n) is 3.06. The number of benzene rings is 1. The van der Waals surface area contributed by atoms with Crippen molar-refractivity contribution in [3.05, 3.63) is 29.8 Å². The summed E-state index contributed by atoms with van der Waals surface area (Å²) in [5.41, 5.74) is 7.32. The Labute approximate surface area is 110 Å². The van der Waals surface area contributed by atoms with Crippen molar-refractivity contribution in [1.82, 2.24) is 0 Å². The highest BCUT2D eigenvalue weighted by atomic mass is 32.2. The van der Waals surface area contributed by atoms with Crippen molar-refractivity contribution in [3.8, 4) is 0 Å². The van der Waals surface area contributed by atoms with Crippen molar-refractivity contribution in [2.24, 2.45) is 5.73 Å². The van der Waals surface area contributed by atoms with E-state index >= 15 is 0 Å². The molecule has 1 nitrogen and oxygen atoms in total. The van der Waals surface area contributed by atoms with E-state index in [2.05, 4.69) is 45.0 Å². The Morgan fingerprint density at radius 2 is 1.82 bits per heavy atom. The van der Waals surface area contributed by atoms with Crippen LogP contribution in [0.2, 0.25) is 0 Å². The topological polar surface area (TPSA) is 26.0 Å². The maximum absolute atomic E-state index is 5.90. The minimum atomic E-state index is 0.388. The summed E-state index contributed by atoms with van der Waals surface area (Å²) >= 11 is 1.94. The van der Waals surface area contributed by atoms with Crippen molar-refractivity contribution >= 4 is 11.8 Å². The molecule has 2 heteroatoms. The lowest BCUT2D eigenvalue weighted by atomic mass is 10.0. The zero-order valence-corrected chi connectivity index (χ0v) is 12.1. The lowest BCUT2D eigenvalue weighted by molar-refractivity contribution is 0.589. The number of nitrogens with two attached hydrogens (primary N) is 1. The van der Waals surface area contributed by atoms with E-state index in [1.165, 1.54) is 22.6 Å². The van der Waals surface area contributed by atoms with Crippen molar-refractivity contribution in [2.75, 3.05) is 5.75 Å². The Kier molecular flexibility index (Phi) is 6.68. The fourth-order valence-electron chi connectivity index (χ4n) is 1.69. The predicted molar refractivity (Wildman–Crippen MR) is 78.8 cm³/mol. The molecule has 17 heavy (non-hydrogen) atoms. The summed E-state index contributed by atoms with van der Waals surface area (Å²) in [4.78, 5) is 1.37. The number of hydrogen-bond acceptors (Lipinski definition) is 2. The molecule has 0 saturated carbocycles. The molecule has 1 aromatic rings. The van der Waals surface area contributed by atoms with Gasteiger partial charge in [-0.1, -0.05) is 32.9 Å². The van der Waals surface area contributed by atoms with Gasteiger partial charge < -0.3 is 5.73 Å². The van der Waals surface area contributed by atoms with Gasteiger partial charge in [-0.3, -0.25) is 0 Å². The van der Waals surface area contributed by atoms with Gasteiger partial charge in [0.25, 0.3) is 0 Å². The van der Waals surface area contributed by atoms with Crippen LogP contribution in [0.3, 0.4) is 0 Å². The average molecular weight is 251 g/mol. The summed E-state index contributed by atoms with van der Waals surface area (Å²) < 4.78 is 0. The number of thioether (sulfide) groups is 1. The smallest absolute Gasteiger partial charge is 0.00721 e. The average Bonchev–Trinajstić information content (AvgIpc) is 2.34. The molecule has 1 atom stereocenters. The summed E-state index contributed by atoms with van der Waals surface area (Å²) in [5, 5.41) is 0. The molecule has 0 aromatic heterocycles. The van der Waals surface area contributed by atoms with Crippen molar-refractivity contribution in [1.29, 1.82) is 0 Å². The fourth-order valence-corrected chi connectivity index (χ4v) is 2.56. The van der Waals surface area contributed by atoms with Gasteiger partial charge in [-0.2, -0.15) is 0 Å². The molecule has 0 aliphatic carbocycles. The molecule has 96 valence electrons. The number of rotatable bonds is 7. The second-order valence-corrected chi connectivity index (χ2v) is 6.05. The molecular formula is C15H25NS. The van der Waals surface area contributed by atoms with E-state index in [-0.39, 0.29) is 0 Å². The standard InChI is InChI=1S/C15H25NS/c1-4-14(16)6-5-11-17-15-9-7-13(8-10-15)12(2)3/h7-10,12,14H,4-6,11,16H2,1-3H3. The minimum absolute atomic E-state index is 0.388. The van der Waals surface area contributed by atoms with Crippen LogP contribution in [-0.4, -0.2) is 11.8 Å². The Balaban J connectivity index is 2.28.